The van der Waals surface area contributed by atoms with Gasteiger partial charge in [-0.25, -0.2) is 0 Å². The van der Waals surface area contributed by atoms with E-state index in [4.69, 9.17) is 0 Å². The predicted molar refractivity (Wildman–Crippen MR) is 54.8 cm³/mol. The second-order valence-electron chi connectivity index (χ2n) is 2.33. The van der Waals surface area contributed by atoms with Gasteiger partial charge in [-0.1, -0.05) is 12.2 Å². The van der Waals surface area contributed by atoms with Crippen molar-refractivity contribution in [1.82, 2.24) is 10.6 Å². The van der Waals surface area contributed by atoms with E-state index in [1.165, 1.54) is 0 Å². The summed E-state index contributed by atoms with van der Waals surface area (Å²) in [4.78, 5) is 0. The number of nitrogens with one attached hydrogen (secondary N) is 2. The van der Waals surface area contributed by atoms with Gasteiger partial charge >= 0.3 is 0 Å². The third-order valence-electron chi connectivity index (χ3n) is 1.50. The minimum Gasteiger partial charge on any atom is -0.386 e. The fourth-order valence-corrected chi connectivity index (χ4v) is 0.949. The monoisotopic (exact) mass is 166 g/mol. The summed E-state index contributed by atoms with van der Waals surface area (Å²) in [5.74, 6) is 0. The molecule has 0 aromatic rings. The van der Waals surface area contributed by atoms with E-state index < -0.39 is 0 Å². The molecule has 2 N–H and O–H groups in total. The van der Waals surface area contributed by atoms with Gasteiger partial charge in [0, 0.05) is 14.1 Å². The Morgan fingerprint density at radius 2 is 1.17 bits per heavy atom. The number of rotatable bonds is 4. The summed E-state index contributed by atoms with van der Waals surface area (Å²) < 4.78 is 0. The van der Waals surface area contributed by atoms with Crippen LogP contribution in [0.25, 0.3) is 0 Å². The van der Waals surface area contributed by atoms with Crippen LogP contribution in [-0.4, -0.2) is 14.1 Å². The van der Waals surface area contributed by atoms with Crippen molar-refractivity contribution in [3.8, 4) is 0 Å². The van der Waals surface area contributed by atoms with E-state index in [-0.39, 0.29) is 0 Å². The molecule has 0 spiro atoms. The first kappa shape index (κ1) is 10.8. The first-order valence-corrected chi connectivity index (χ1v) is 4.15. The Balaban J connectivity index is 4.73. The third-order valence-corrected chi connectivity index (χ3v) is 1.50. The highest BCUT2D eigenvalue weighted by Crippen LogP contribution is 2.00. The molecular weight excluding hydrogens is 148 g/mol. The first-order valence-electron chi connectivity index (χ1n) is 4.15. The molecule has 2 heteroatoms. The standard InChI is InChI=1S/C10H18N2/c1-5-7-9(11-3)10(12-4)8-6-2/h5-8,11-12H,1-4H3/b7-5-,8-6-,10-9-. The van der Waals surface area contributed by atoms with Crippen molar-refractivity contribution in [3.63, 3.8) is 0 Å². The van der Waals surface area contributed by atoms with Gasteiger partial charge in [-0.05, 0) is 26.0 Å². The van der Waals surface area contributed by atoms with Gasteiger partial charge in [-0.15, -0.1) is 0 Å². The maximum Gasteiger partial charge on any atom is 0.0569 e. The van der Waals surface area contributed by atoms with Crippen LogP contribution in [0.15, 0.2) is 35.7 Å². The van der Waals surface area contributed by atoms with Gasteiger partial charge in [0.2, 0.25) is 0 Å². The van der Waals surface area contributed by atoms with E-state index in [0.717, 1.165) is 11.4 Å². The first-order chi connectivity index (χ1) is 5.79. The molecule has 0 bridgehead atoms. The molecule has 0 fully saturated rings. The zero-order chi connectivity index (χ0) is 9.40. The molecule has 12 heavy (non-hydrogen) atoms. The summed E-state index contributed by atoms with van der Waals surface area (Å²) in [5, 5.41) is 6.24. The summed E-state index contributed by atoms with van der Waals surface area (Å²) in [5.41, 5.74) is 2.19. The average molecular weight is 166 g/mol. The van der Waals surface area contributed by atoms with Crippen LogP contribution in [0.3, 0.4) is 0 Å². The molecule has 0 aromatic heterocycles. The zero-order valence-electron chi connectivity index (χ0n) is 8.31. The van der Waals surface area contributed by atoms with Gasteiger partial charge < -0.3 is 10.6 Å². The van der Waals surface area contributed by atoms with Crippen molar-refractivity contribution >= 4 is 0 Å². The Bertz CT molecular complexity index is 178. The zero-order valence-corrected chi connectivity index (χ0v) is 8.31. The Hall–Kier alpha value is -1.18. The van der Waals surface area contributed by atoms with Crippen molar-refractivity contribution in [2.24, 2.45) is 0 Å². The normalized spacial score (nSPS) is 13.7. The summed E-state index contributed by atoms with van der Waals surface area (Å²) in [6.45, 7) is 4.00. The Morgan fingerprint density at radius 1 is 0.833 bits per heavy atom. The van der Waals surface area contributed by atoms with E-state index >= 15 is 0 Å². The van der Waals surface area contributed by atoms with Gasteiger partial charge in [0.15, 0.2) is 0 Å². The van der Waals surface area contributed by atoms with Gasteiger partial charge in [0.05, 0.1) is 11.4 Å². The molecule has 0 rings (SSSR count). The van der Waals surface area contributed by atoms with Crippen LogP contribution in [0, 0.1) is 0 Å². The lowest BCUT2D eigenvalue weighted by Gasteiger charge is -2.07. The largest absolute Gasteiger partial charge is 0.386 e. The molecule has 2 nitrogen and oxygen atoms in total. The molecule has 0 heterocycles. The molecular formula is C10H18N2. The second-order valence-corrected chi connectivity index (χ2v) is 2.33. The smallest absolute Gasteiger partial charge is 0.0569 e. The average Bonchev–Trinajstić information content (AvgIpc) is 2.11. The Kier molecular flexibility index (Phi) is 5.88. The lowest BCUT2D eigenvalue weighted by atomic mass is 10.2. The summed E-state index contributed by atoms with van der Waals surface area (Å²) >= 11 is 0. The second kappa shape index (κ2) is 6.53. The van der Waals surface area contributed by atoms with Crippen LogP contribution < -0.4 is 10.6 Å². The van der Waals surface area contributed by atoms with Gasteiger partial charge in [-0.2, -0.15) is 0 Å². The molecule has 0 radical (unpaired) electrons. The number of allylic oxidation sites excluding steroid dienone is 4. The number of likely N-dealkylation sites (N-methyl/N-ethyl adjacent to an activating group) is 2. The molecule has 0 atom stereocenters. The fraction of sp³-hybridized carbons (Fsp3) is 0.400. The van der Waals surface area contributed by atoms with Crippen molar-refractivity contribution in [1.29, 1.82) is 0 Å². The van der Waals surface area contributed by atoms with Crippen LogP contribution in [0.5, 0.6) is 0 Å². The van der Waals surface area contributed by atoms with E-state index in [9.17, 15) is 0 Å². The topological polar surface area (TPSA) is 24.1 Å². The van der Waals surface area contributed by atoms with Crippen molar-refractivity contribution in [2.75, 3.05) is 14.1 Å². The van der Waals surface area contributed by atoms with E-state index in [2.05, 4.69) is 10.6 Å². The minimum absolute atomic E-state index is 1.10. The van der Waals surface area contributed by atoms with Crippen LogP contribution in [0.4, 0.5) is 0 Å². The van der Waals surface area contributed by atoms with Crippen LogP contribution in [0.1, 0.15) is 13.8 Å². The Morgan fingerprint density at radius 3 is 1.33 bits per heavy atom. The van der Waals surface area contributed by atoms with E-state index in [1.54, 1.807) is 0 Å². The molecule has 0 aliphatic heterocycles. The maximum atomic E-state index is 3.12. The van der Waals surface area contributed by atoms with E-state index in [0.29, 0.717) is 0 Å². The number of hydrogen-bond acceptors (Lipinski definition) is 2. The van der Waals surface area contributed by atoms with Crippen LogP contribution >= 0.6 is 0 Å². The van der Waals surface area contributed by atoms with Crippen molar-refractivity contribution in [3.05, 3.63) is 35.7 Å². The third kappa shape index (κ3) is 3.28. The predicted octanol–water partition coefficient (Wildman–Crippen LogP) is 1.79. The van der Waals surface area contributed by atoms with Gasteiger partial charge in [0.1, 0.15) is 0 Å². The molecule has 0 saturated heterocycles. The summed E-state index contributed by atoms with van der Waals surface area (Å²) in [6, 6.07) is 0. The lowest BCUT2D eigenvalue weighted by molar-refractivity contribution is 0.932. The highest BCUT2D eigenvalue weighted by Gasteiger charge is 1.94. The van der Waals surface area contributed by atoms with Gasteiger partial charge in [-0.3, -0.25) is 0 Å². The summed E-state index contributed by atoms with van der Waals surface area (Å²) in [7, 11) is 3.83. The highest BCUT2D eigenvalue weighted by molar-refractivity contribution is 5.29. The fourth-order valence-electron chi connectivity index (χ4n) is 0.949. The Labute approximate surface area is 75.1 Å². The maximum absolute atomic E-state index is 3.12. The molecule has 0 aliphatic rings. The molecule has 0 unspecified atom stereocenters. The van der Waals surface area contributed by atoms with Crippen molar-refractivity contribution < 1.29 is 0 Å². The number of hydrogen-bond donors (Lipinski definition) is 2. The molecule has 0 aliphatic carbocycles. The van der Waals surface area contributed by atoms with E-state index in [1.807, 2.05) is 52.2 Å². The minimum atomic E-state index is 1.10. The molecule has 0 amide bonds. The molecule has 68 valence electrons. The molecule has 0 aromatic carbocycles. The van der Waals surface area contributed by atoms with Crippen molar-refractivity contribution in [2.45, 2.75) is 13.8 Å². The SMILES string of the molecule is C\C=C/C(NC)=C(\C=C/C)NC. The van der Waals surface area contributed by atoms with Crippen LogP contribution in [0.2, 0.25) is 0 Å². The van der Waals surface area contributed by atoms with Crippen LogP contribution in [-0.2, 0) is 0 Å². The highest BCUT2D eigenvalue weighted by atomic mass is 14.9. The van der Waals surface area contributed by atoms with Gasteiger partial charge in [0.25, 0.3) is 0 Å². The lowest BCUT2D eigenvalue weighted by Crippen LogP contribution is -2.14. The quantitative estimate of drug-likeness (QED) is 0.622. The molecule has 0 saturated carbocycles. The summed E-state index contributed by atoms with van der Waals surface area (Å²) in [6.07, 6.45) is 8.08.